The van der Waals surface area contributed by atoms with E-state index in [1.165, 1.54) is 12.1 Å². The summed E-state index contributed by atoms with van der Waals surface area (Å²) < 4.78 is 12.9. The van der Waals surface area contributed by atoms with Crippen LogP contribution in [0.4, 0.5) is 15.8 Å². The third-order valence-electron chi connectivity index (χ3n) is 3.45. The van der Waals surface area contributed by atoms with E-state index >= 15 is 0 Å². The average Bonchev–Trinajstić information content (AvgIpc) is 2.61. The molecule has 0 aliphatic carbocycles. The van der Waals surface area contributed by atoms with Crippen molar-refractivity contribution in [3.63, 3.8) is 0 Å². The Morgan fingerprint density at radius 3 is 2.48 bits per heavy atom. The quantitative estimate of drug-likeness (QED) is 0.617. The highest BCUT2D eigenvalue weighted by Crippen LogP contribution is 2.16. The number of aliphatic hydroxyl groups excluding tert-OH is 1. The summed E-state index contributed by atoms with van der Waals surface area (Å²) in [5, 5.41) is 17.1. The van der Waals surface area contributed by atoms with E-state index in [-0.39, 0.29) is 11.7 Å². The fraction of sp³-hybridized carbons (Fsp3) is 0.222. The van der Waals surface area contributed by atoms with Gasteiger partial charge in [-0.2, -0.15) is 0 Å². The lowest BCUT2D eigenvalue weighted by Gasteiger charge is -2.16. The molecule has 0 heterocycles. The van der Waals surface area contributed by atoms with Crippen LogP contribution in [0.25, 0.3) is 0 Å². The minimum atomic E-state index is -0.597. The van der Waals surface area contributed by atoms with Gasteiger partial charge in [-0.15, -0.1) is 0 Å². The summed E-state index contributed by atoms with van der Waals surface area (Å²) in [6.07, 6.45) is 0. The lowest BCUT2D eigenvalue weighted by Crippen LogP contribution is -2.37. The number of carbonyl (C=O) groups is 2. The fourth-order valence-electron chi connectivity index (χ4n) is 2.15. The number of carbonyl (C=O) groups excluding carboxylic acids is 2. The minimum Gasteiger partial charge on any atom is -0.387 e. The maximum Gasteiger partial charge on any atom is 0.250 e. The van der Waals surface area contributed by atoms with Gasteiger partial charge in [-0.1, -0.05) is 18.2 Å². The SMILES string of the molecule is CC(Nc1cccc(NC(=O)CO)c1)C(=O)NCc1ccc(F)cc1. The highest BCUT2D eigenvalue weighted by atomic mass is 19.1. The molecule has 132 valence electrons. The van der Waals surface area contributed by atoms with Gasteiger partial charge in [-0.05, 0) is 42.8 Å². The van der Waals surface area contributed by atoms with Gasteiger partial charge in [0.15, 0.2) is 0 Å². The highest BCUT2D eigenvalue weighted by molar-refractivity contribution is 5.92. The first kappa shape index (κ1) is 18.4. The van der Waals surface area contributed by atoms with E-state index in [1.54, 1.807) is 43.3 Å². The molecule has 1 atom stereocenters. The summed E-state index contributed by atoms with van der Waals surface area (Å²) in [4.78, 5) is 23.3. The monoisotopic (exact) mass is 345 g/mol. The first-order valence-electron chi connectivity index (χ1n) is 7.77. The molecule has 0 aliphatic heterocycles. The standard InChI is InChI=1S/C18H20FN3O3/c1-12(18(25)20-10-13-5-7-14(19)8-6-13)21-15-3-2-4-16(9-15)22-17(24)11-23/h2-9,12,21,23H,10-11H2,1H3,(H,20,25)(H,22,24). The summed E-state index contributed by atoms with van der Waals surface area (Å²) in [6.45, 7) is 1.41. The lowest BCUT2D eigenvalue weighted by atomic mass is 10.2. The topological polar surface area (TPSA) is 90.5 Å². The molecule has 0 radical (unpaired) electrons. The number of benzene rings is 2. The van der Waals surface area contributed by atoms with Gasteiger partial charge >= 0.3 is 0 Å². The molecule has 0 aliphatic rings. The van der Waals surface area contributed by atoms with Gasteiger partial charge in [0.05, 0.1) is 0 Å². The van der Waals surface area contributed by atoms with Crippen LogP contribution in [0.15, 0.2) is 48.5 Å². The van der Waals surface area contributed by atoms with Crippen molar-refractivity contribution >= 4 is 23.2 Å². The molecule has 0 bridgehead atoms. The molecule has 2 aromatic carbocycles. The molecule has 0 spiro atoms. The summed E-state index contributed by atoms with van der Waals surface area (Å²) in [5.41, 5.74) is 1.97. The van der Waals surface area contributed by atoms with Crippen LogP contribution in [0.3, 0.4) is 0 Å². The van der Waals surface area contributed by atoms with E-state index < -0.39 is 18.6 Å². The van der Waals surface area contributed by atoms with Crippen LogP contribution < -0.4 is 16.0 Å². The molecule has 0 saturated heterocycles. The van der Waals surface area contributed by atoms with Crippen molar-refractivity contribution < 1.29 is 19.1 Å². The molecular weight excluding hydrogens is 325 g/mol. The molecule has 7 heteroatoms. The van der Waals surface area contributed by atoms with Crippen LogP contribution in [0.2, 0.25) is 0 Å². The number of anilines is 2. The number of hydrogen-bond acceptors (Lipinski definition) is 4. The zero-order chi connectivity index (χ0) is 18.2. The summed E-state index contributed by atoms with van der Waals surface area (Å²) in [6, 6.07) is 12.2. The molecule has 4 N–H and O–H groups in total. The van der Waals surface area contributed by atoms with Crippen LogP contribution in [-0.4, -0.2) is 29.6 Å². The van der Waals surface area contributed by atoms with Crippen molar-refractivity contribution in [2.75, 3.05) is 17.2 Å². The predicted octanol–water partition coefficient (Wildman–Crippen LogP) is 1.87. The smallest absolute Gasteiger partial charge is 0.250 e. The zero-order valence-corrected chi connectivity index (χ0v) is 13.8. The van der Waals surface area contributed by atoms with Crippen molar-refractivity contribution in [3.05, 3.63) is 59.9 Å². The molecule has 0 aromatic heterocycles. The average molecular weight is 345 g/mol. The van der Waals surface area contributed by atoms with Crippen molar-refractivity contribution in [2.45, 2.75) is 19.5 Å². The number of nitrogens with one attached hydrogen (secondary N) is 3. The van der Waals surface area contributed by atoms with E-state index in [0.29, 0.717) is 17.9 Å². The van der Waals surface area contributed by atoms with Gasteiger partial charge in [-0.25, -0.2) is 4.39 Å². The largest absolute Gasteiger partial charge is 0.387 e. The number of aliphatic hydroxyl groups is 1. The first-order chi connectivity index (χ1) is 12.0. The van der Waals surface area contributed by atoms with Crippen molar-refractivity contribution in [1.29, 1.82) is 0 Å². The molecule has 2 amide bonds. The van der Waals surface area contributed by atoms with E-state index in [0.717, 1.165) is 5.56 Å². The Morgan fingerprint density at radius 1 is 1.12 bits per heavy atom. The fourth-order valence-corrected chi connectivity index (χ4v) is 2.15. The minimum absolute atomic E-state index is 0.214. The molecular formula is C18H20FN3O3. The van der Waals surface area contributed by atoms with Crippen LogP contribution >= 0.6 is 0 Å². The third kappa shape index (κ3) is 5.89. The second-order valence-corrected chi connectivity index (χ2v) is 5.50. The van der Waals surface area contributed by atoms with E-state index in [2.05, 4.69) is 16.0 Å². The number of rotatable bonds is 7. The highest BCUT2D eigenvalue weighted by Gasteiger charge is 2.12. The maximum atomic E-state index is 12.9. The molecule has 25 heavy (non-hydrogen) atoms. The summed E-state index contributed by atoms with van der Waals surface area (Å²) in [7, 11) is 0. The summed E-state index contributed by atoms with van der Waals surface area (Å²) in [5.74, 6) is -1.05. The van der Waals surface area contributed by atoms with Crippen molar-refractivity contribution in [2.24, 2.45) is 0 Å². The Bertz CT molecular complexity index is 735. The van der Waals surface area contributed by atoms with Crippen LogP contribution in [0.5, 0.6) is 0 Å². The Kier molecular flexibility index (Phi) is 6.47. The van der Waals surface area contributed by atoms with Gasteiger partial charge < -0.3 is 21.1 Å². The van der Waals surface area contributed by atoms with Crippen molar-refractivity contribution in [1.82, 2.24) is 5.32 Å². The second-order valence-electron chi connectivity index (χ2n) is 5.50. The van der Waals surface area contributed by atoms with Crippen LogP contribution in [0.1, 0.15) is 12.5 Å². The number of halogens is 1. The zero-order valence-electron chi connectivity index (χ0n) is 13.8. The van der Waals surface area contributed by atoms with Crippen molar-refractivity contribution in [3.8, 4) is 0 Å². The number of hydrogen-bond donors (Lipinski definition) is 4. The molecule has 2 aromatic rings. The maximum absolute atomic E-state index is 12.9. The normalized spacial score (nSPS) is 11.5. The molecule has 0 saturated carbocycles. The Hall–Kier alpha value is -2.93. The summed E-state index contributed by atoms with van der Waals surface area (Å²) >= 11 is 0. The Balaban J connectivity index is 1.88. The van der Waals surface area contributed by atoms with E-state index in [4.69, 9.17) is 5.11 Å². The van der Waals surface area contributed by atoms with Gasteiger partial charge in [0.2, 0.25) is 11.8 Å². The third-order valence-corrected chi connectivity index (χ3v) is 3.45. The lowest BCUT2D eigenvalue weighted by molar-refractivity contribution is -0.121. The molecule has 2 rings (SSSR count). The molecule has 6 nitrogen and oxygen atoms in total. The van der Waals surface area contributed by atoms with E-state index in [9.17, 15) is 14.0 Å². The van der Waals surface area contributed by atoms with Crippen LogP contribution in [0, 0.1) is 5.82 Å². The first-order valence-corrected chi connectivity index (χ1v) is 7.77. The Morgan fingerprint density at radius 2 is 1.80 bits per heavy atom. The van der Waals surface area contributed by atoms with E-state index in [1.807, 2.05) is 0 Å². The van der Waals surface area contributed by atoms with Gasteiger partial charge in [0, 0.05) is 17.9 Å². The second kappa shape index (κ2) is 8.79. The Labute approximate surface area is 145 Å². The van der Waals surface area contributed by atoms with Gasteiger partial charge in [0.25, 0.3) is 0 Å². The van der Waals surface area contributed by atoms with Crippen LogP contribution in [-0.2, 0) is 16.1 Å². The predicted molar refractivity (Wildman–Crippen MR) is 93.5 cm³/mol. The molecule has 1 unspecified atom stereocenters. The van der Waals surface area contributed by atoms with Gasteiger partial charge in [0.1, 0.15) is 18.5 Å². The van der Waals surface area contributed by atoms with Gasteiger partial charge in [-0.3, -0.25) is 9.59 Å². The number of amides is 2. The molecule has 0 fully saturated rings.